The molecule has 7 heteroatoms. The van der Waals surface area contributed by atoms with E-state index in [1.807, 2.05) is 0 Å². The lowest BCUT2D eigenvalue weighted by atomic mass is 9.99. The van der Waals surface area contributed by atoms with Crippen molar-refractivity contribution in [2.24, 2.45) is 10.1 Å². The average molecular weight is 335 g/mol. The van der Waals surface area contributed by atoms with Crippen LogP contribution < -0.4 is 11.1 Å². The maximum Gasteiger partial charge on any atom is 0.353 e. The summed E-state index contributed by atoms with van der Waals surface area (Å²) in [6.45, 7) is 0. The van der Waals surface area contributed by atoms with Gasteiger partial charge in [0.2, 0.25) is 5.91 Å². The van der Waals surface area contributed by atoms with Gasteiger partial charge in [0.05, 0.1) is 0 Å². The van der Waals surface area contributed by atoms with Crippen molar-refractivity contribution in [3.05, 3.63) is 28.3 Å². The van der Waals surface area contributed by atoms with E-state index in [4.69, 9.17) is 5.73 Å². The van der Waals surface area contributed by atoms with E-state index in [0.29, 0.717) is 0 Å². The molecule has 0 aliphatic heterocycles. The van der Waals surface area contributed by atoms with Gasteiger partial charge in [-0.05, 0) is 60.8 Å². The van der Waals surface area contributed by atoms with Crippen LogP contribution in [0.1, 0.15) is 41.5 Å². The number of nitrogens with two attached hydrogens (primary N) is 1. The monoisotopic (exact) mass is 335 g/mol. The van der Waals surface area contributed by atoms with Gasteiger partial charge < -0.3 is 11.1 Å². The topological polar surface area (TPSA) is 102 Å². The van der Waals surface area contributed by atoms with Gasteiger partial charge in [-0.1, -0.05) is 6.07 Å². The first-order valence-electron chi connectivity index (χ1n) is 7.96. The van der Waals surface area contributed by atoms with Crippen molar-refractivity contribution in [2.75, 3.05) is 11.1 Å². The number of hydrogen-bond donors (Lipinski definition) is 3. The van der Waals surface area contributed by atoms with Gasteiger partial charge in [0, 0.05) is 28.5 Å². The molecule has 6 nitrogen and oxygen atoms in total. The molecule has 2 aliphatic rings. The molecule has 1 aromatic carbocycles. The normalized spacial score (nSPS) is 16.9. The van der Waals surface area contributed by atoms with Crippen molar-refractivity contribution >= 4 is 28.2 Å². The Morgan fingerprint density at radius 2 is 1.74 bits per heavy atom. The zero-order valence-corrected chi connectivity index (χ0v) is 13.8. The number of fused-ring (bicyclic) bond motifs is 2. The van der Waals surface area contributed by atoms with Gasteiger partial charge >= 0.3 is 6.03 Å². The molecule has 2 aliphatic carbocycles. The molecule has 1 atom stereocenters. The maximum atomic E-state index is 12.1. The Morgan fingerprint density at radius 3 is 2.30 bits per heavy atom. The summed E-state index contributed by atoms with van der Waals surface area (Å²) >= 11 is 0. The summed E-state index contributed by atoms with van der Waals surface area (Å²) in [6.07, 6.45) is 6.21. The number of hydrogen-bond acceptors (Lipinski definition) is 3. The standard InChI is InChI=1S/C16H21N3O3S/c17-14(20)7-8-23(22)19-16(21)18-15-12-5-1-3-10(12)9-11-4-2-6-13(11)15/h9,23H,1-8H2,(H2,17,20)(H,18,21). The van der Waals surface area contributed by atoms with Crippen LogP contribution in [0.25, 0.3) is 0 Å². The fraction of sp³-hybridized carbons (Fsp3) is 0.500. The third-order valence-corrected chi connectivity index (χ3v) is 5.47. The summed E-state index contributed by atoms with van der Waals surface area (Å²) in [6, 6.07) is 1.69. The smallest absolute Gasteiger partial charge is 0.353 e. The second-order valence-corrected chi connectivity index (χ2v) is 7.41. The molecule has 1 aromatic rings. The SMILES string of the molecule is NC(=O)CC/[SH](=O)=N/C(=O)Nc1c2c(cc3c1CCC3)CCC2. The summed E-state index contributed by atoms with van der Waals surface area (Å²) in [5.74, 6) is -0.522. The minimum absolute atomic E-state index is 0.0170. The molecule has 3 N–H and O–H groups in total. The van der Waals surface area contributed by atoms with E-state index in [1.165, 1.54) is 22.3 Å². The van der Waals surface area contributed by atoms with Crippen LogP contribution in [-0.4, -0.2) is 21.9 Å². The lowest BCUT2D eigenvalue weighted by Crippen LogP contribution is -2.14. The lowest BCUT2D eigenvalue weighted by molar-refractivity contribution is -0.117. The predicted molar refractivity (Wildman–Crippen MR) is 90.2 cm³/mol. The Labute approximate surface area is 137 Å². The van der Waals surface area contributed by atoms with Crippen molar-refractivity contribution < 1.29 is 13.8 Å². The van der Waals surface area contributed by atoms with Crippen LogP contribution in [-0.2, 0) is 41.1 Å². The fourth-order valence-corrected chi connectivity index (χ4v) is 4.22. The largest absolute Gasteiger partial charge is 0.370 e. The number of urea groups is 1. The molecule has 0 bridgehead atoms. The van der Waals surface area contributed by atoms with Gasteiger partial charge in [0.1, 0.15) is 0 Å². The zero-order valence-electron chi connectivity index (χ0n) is 12.9. The number of carbonyl (C=O) groups excluding carboxylic acids is 2. The van der Waals surface area contributed by atoms with Crippen molar-refractivity contribution in [3.63, 3.8) is 0 Å². The van der Waals surface area contributed by atoms with Crippen molar-refractivity contribution in [2.45, 2.75) is 44.9 Å². The average Bonchev–Trinajstić information content (AvgIpc) is 3.13. The number of nitrogens with zero attached hydrogens (tertiary/aromatic N) is 1. The summed E-state index contributed by atoms with van der Waals surface area (Å²) in [7, 11) is -2.10. The number of primary amides is 1. The number of thiol groups is 1. The van der Waals surface area contributed by atoms with E-state index >= 15 is 0 Å². The van der Waals surface area contributed by atoms with Crippen LogP contribution in [0.5, 0.6) is 0 Å². The highest BCUT2D eigenvalue weighted by Crippen LogP contribution is 2.38. The number of carbonyl (C=O) groups is 2. The van der Waals surface area contributed by atoms with E-state index < -0.39 is 22.5 Å². The molecule has 0 saturated heterocycles. The third-order valence-electron chi connectivity index (χ3n) is 4.46. The Bertz CT molecular complexity index is 719. The van der Waals surface area contributed by atoms with Gasteiger partial charge in [-0.3, -0.25) is 9.00 Å². The first-order chi connectivity index (χ1) is 11.0. The summed E-state index contributed by atoms with van der Waals surface area (Å²) in [4.78, 5) is 22.8. The van der Waals surface area contributed by atoms with Crippen LogP contribution in [0.4, 0.5) is 10.5 Å². The number of aryl methyl sites for hydroxylation is 2. The van der Waals surface area contributed by atoms with E-state index in [9.17, 15) is 13.8 Å². The predicted octanol–water partition coefficient (Wildman–Crippen LogP) is 1.74. The summed E-state index contributed by atoms with van der Waals surface area (Å²) < 4.78 is 15.4. The molecule has 1 unspecified atom stereocenters. The molecule has 0 radical (unpaired) electrons. The molecule has 124 valence electrons. The Hall–Kier alpha value is -1.89. The van der Waals surface area contributed by atoms with Crippen molar-refractivity contribution in [3.8, 4) is 0 Å². The van der Waals surface area contributed by atoms with E-state index in [-0.39, 0.29) is 12.2 Å². The Morgan fingerprint density at radius 1 is 1.13 bits per heavy atom. The quantitative estimate of drug-likeness (QED) is 0.730. The first-order valence-corrected chi connectivity index (χ1v) is 9.36. The second kappa shape index (κ2) is 6.70. The van der Waals surface area contributed by atoms with Crippen LogP contribution in [0.3, 0.4) is 0 Å². The summed E-state index contributed by atoms with van der Waals surface area (Å²) in [5.41, 5.74) is 11.0. The van der Waals surface area contributed by atoms with E-state index in [1.54, 1.807) is 0 Å². The molecule has 3 rings (SSSR count). The van der Waals surface area contributed by atoms with E-state index in [2.05, 4.69) is 15.7 Å². The first kappa shape index (κ1) is 16.0. The third kappa shape index (κ3) is 3.55. The molecule has 23 heavy (non-hydrogen) atoms. The minimum Gasteiger partial charge on any atom is -0.370 e. The fourth-order valence-electron chi connectivity index (χ4n) is 3.46. The number of rotatable bonds is 4. The molecule has 3 amide bonds. The number of nitrogens with one attached hydrogen (secondary N) is 1. The van der Waals surface area contributed by atoms with Gasteiger partial charge in [0.25, 0.3) is 0 Å². The minimum atomic E-state index is -2.10. The maximum absolute atomic E-state index is 12.1. The van der Waals surface area contributed by atoms with Crippen LogP contribution in [0.2, 0.25) is 0 Å². The molecule has 0 aromatic heterocycles. The highest BCUT2D eigenvalue weighted by atomic mass is 32.2. The molecule has 0 spiro atoms. The molecule has 0 fully saturated rings. The number of benzene rings is 1. The Balaban J connectivity index is 1.81. The highest BCUT2D eigenvalue weighted by Gasteiger charge is 2.24. The van der Waals surface area contributed by atoms with Gasteiger partial charge in [0.15, 0.2) is 0 Å². The molecular formula is C16H21N3O3S. The summed E-state index contributed by atoms with van der Waals surface area (Å²) in [5, 5.41) is 2.86. The van der Waals surface area contributed by atoms with Crippen LogP contribution in [0.15, 0.2) is 10.4 Å². The van der Waals surface area contributed by atoms with E-state index in [0.717, 1.165) is 44.2 Å². The van der Waals surface area contributed by atoms with Gasteiger partial charge in [-0.2, -0.15) is 0 Å². The number of anilines is 1. The van der Waals surface area contributed by atoms with Crippen LogP contribution >= 0.6 is 0 Å². The van der Waals surface area contributed by atoms with Gasteiger partial charge in [-0.25, -0.2) is 4.79 Å². The molecule has 0 saturated carbocycles. The molecular weight excluding hydrogens is 314 g/mol. The zero-order chi connectivity index (χ0) is 16.4. The lowest BCUT2D eigenvalue weighted by Gasteiger charge is -2.14. The number of amides is 3. The van der Waals surface area contributed by atoms with Crippen molar-refractivity contribution in [1.82, 2.24) is 0 Å². The highest BCUT2D eigenvalue weighted by molar-refractivity contribution is 7.75. The Kier molecular flexibility index (Phi) is 4.66. The molecule has 0 heterocycles. The second-order valence-electron chi connectivity index (χ2n) is 6.06. The van der Waals surface area contributed by atoms with Gasteiger partial charge in [-0.15, -0.1) is 4.36 Å². The van der Waals surface area contributed by atoms with Crippen molar-refractivity contribution in [1.29, 1.82) is 0 Å². The van der Waals surface area contributed by atoms with Crippen LogP contribution in [0, 0.1) is 0 Å².